The molecule has 0 saturated heterocycles. The van der Waals surface area contributed by atoms with Crippen molar-refractivity contribution in [3.63, 3.8) is 0 Å². The van der Waals surface area contributed by atoms with Crippen molar-refractivity contribution >= 4 is 17.6 Å². The Bertz CT molecular complexity index is 535. The Kier molecular flexibility index (Phi) is 4.72. The largest absolute Gasteiger partial charge is 0.481 e. The molecule has 0 radical (unpaired) electrons. The molecule has 0 aromatic heterocycles. The fourth-order valence-corrected chi connectivity index (χ4v) is 2.56. The Labute approximate surface area is 119 Å². The number of anilines is 1. The molecule has 114 valence electrons. The van der Waals surface area contributed by atoms with Crippen molar-refractivity contribution in [1.29, 1.82) is 0 Å². The van der Waals surface area contributed by atoms with Gasteiger partial charge in [-0.25, -0.2) is 0 Å². The molecule has 1 saturated carbocycles. The van der Waals surface area contributed by atoms with Crippen LogP contribution in [0.5, 0.6) is 5.75 Å². The maximum atomic E-state index is 12.3. The summed E-state index contributed by atoms with van der Waals surface area (Å²) in [5.74, 6) is -3.02. The van der Waals surface area contributed by atoms with Gasteiger partial charge in [-0.1, -0.05) is 18.6 Å². The summed E-state index contributed by atoms with van der Waals surface area (Å²) in [5.41, 5.74) is 0.110. The number of alkyl halides is 2. The molecular formula is C14H15F2NO4. The van der Waals surface area contributed by atoms with Crippen LogP contribution < -0.4 is 10.1 Å². The second-order valence-corrected chi connectivity index (χ2v) is 4.85. The highest BCUT2D eigenvalue weighted by atomic mass is 19.3. The van der Waals surface area contributed by atoms with Gasteiger partial charge in [-0.15, -0.1) is 0 Å². The quantitative estimate of drug-likeness (QED) is 0.876. The van der Waals surface area contributed by atoms with Gasteiger partial charge in [0.1, 0.15) is 5.75 Å². The van der Waals surface area contributed by atoms with Gasteiger partial charge in [0.25, 0.3) is 0 Å². The van der Waals surface area contributed by atoms with Crippen LogP contribution in [0.15, 0.2) is 24.3 Å². The summed E-state index contributed by atoms with van der Waals surface area (Å²) in [5, 5.41) is 11.6. The molecule has 0 spiro atoms. The SMILES string of the molecule is O=C(O)C1CCCC1C(=O)Nc1ccccc1OC(F)F. The average Bonchev–Trinajstić information content (AvgIpc) is 2.90. The van der Waals surface area contributed by atoms with Crippen molar-refractivity contribution in [3.05, 3.63) is 24.3 Å². The summed E-state index contributed by atoms with van der Waals surface area (Å²) in [7, 11) is 0. The molecule has 2 atom stereocenters. The summed E-state index contributed by atoms with van der Waals surface area (Å²) in [6, 6.07) is 5.81. The lowest BCUT2D eigenvalue weighted by molar-refractivity contribution is -0.145. The van der Waals surface area contributed by atoms with Crippen molar-refractivity contribution in [1.82, 2.24) is 0 Å². The van der Waals surface area contributed by atoms with Crippen LogP contribution in [0.1, 0.15) is 19.3 Å². The van der Waals surface area contributed by atoms with E-state index in [0.29, 0.717) is 19.3 Å². The maximum absolute atomic E-state index is 12.3. The average molecular weight is 299 g/mol. The van der Waals surface area contributed by atoms with E-state index < -0.39 is 30.3 Å². The topological polar surface area (TPSA) is 75.6 Å². The summed E-state index contributed by atoms with van der Waals surface area (Å²) in [6.45, 7) is -3.00. The summed E-state index contributed by atoms with van der Waals surface area (Å²) < 4.78 is 28.9. The van der Waals surface area contributed by atoms with Crippen LogP contribution in [-0.4, -0.2) is 23.6 Å². The third kappa shape index (κ3) is 3.68. The van der Waals surface area contributed by atoms with Gasteiger partial charge in [0.2, 0.25) is 5.91 Å². The van der Waals surface area contributed by atoms with E-state index in [4.69, 9.17) is 5.11 Å². The molecule has 0 aliphatic heterocycles. The molecule has 21 heavy (non-hydrogen) atoms. The van der Waals surface area contributed by atoms with Crippen molar-refractivity contribution in [2.24, 2.45) is 11.8 Å². The maximum Gasteiger partial charge on any atom is 0.387 e. The number of carbonyl (C=O) groups is 2. The molecule has 2 unspecified atom stereocenters. The first-order chi connectivity index (χ1) is 9.99. The lowest BCUT2D eigenvalue weighted by Gasteiger charge is -2.17. The molecule has 1 aliphatic carbocycles. The number of hydrogen-bond donors (Lipinski definition) is 2. The minimum atomic E-state index is -3.00. The molecule has 5 nitrogen and oxygen atoms in total. The van der Waals surface area contributed by atoms with Crippen molar-refractivity contribution in [2.75, 3.05) is 5.32 Å². The van der Waals surface area contributed by atoms with E-state index in [1.165, 1.54) is 18.2 Å². The molecular weight excluding hydrogens is 284 g/mol. The number of hydrogen-bond acceptors (Lipinski definition) is 3. The minimum Gasteiger partial charge on any atom is -0.481 e. The van der Waals surface area contributed by atoms with Gasteiger partial charge in [0, 0.05) is 0 Å². The van der Waals surface area contributed by atoms with Crippen LogP contribution >= 0.6 is 0 Å². The Morgan fingerprint density at radius 3 is 2.57 bits per heavy atom. The molecule has 2 rings (SSSR count). The first-order valence-corrected chi connectivity index (χ1v) is 6.56. The third-order valence-corrected chi connectivity index (χ3v) is 3.53. The van der Waals surface area contributed by atoms with E-state index >= 15 is 0 Å². The normalized spacial score (nSPS) is 21.3. The molecule has 1 aliphatic rings. The number of para-hydroxylation sites is 2. The predicted octanol–water partition coefficient (Wildman–Crippen LogP) is 2.73. The van der Waals surface area contributed by atoms with Gasteiger partial charge >= 0.3 is 12.6 Å². The van der Waals surface area contributed by atoms with E-state index in [1.54, 1.807) is 6.07 Å². The number of carboxylic acids is 1. The van der Waals surface area contributed by atoms with E-state index in [9.17, 15) is 18.4 Å². The lowest BCUT2D eigenvalue weighted by Crippen LogP contribution is -2.30. The number of rotatable bonds is 5. The molecule has 1 aromatic carbocycles. The Morgan fingerprint density at radius 2 is 1.90 bits per heavy atom. The fraction of sp³-hybridized carbons (Fsp3) is 0.429. The van der Waals surface area contributed by atoms with Crippen LogP contribution in [0.4, 0.5) is 14.5 Å². The van der Waals surface area contributed by atoms with Gasteiger partial charge in [-0.05, 0) is 25.0 Å². The van der Waals surface area contributed by atoms with Crippen LogP contribution in [0.2, 0.25) is 0 Å². The number of nitrogens with one attached hydrogen (secondary N) is 1. The molecule has 0 bridgehead atoms. The smallest absolute Gasteiger partial charge is 0.387 e. The number of carbonyl (C=O) groups excluding carboxylic acids is 1. The van der Waals surface area contributed by atoms with E-state index in [1.807, 2.05) is 0 Å². The number of ether oxygens (including phenoxy) is 1. The molecule has 0 heterocycles. The van der Waals surface area contributed by atoms with Crippen LogP contribution in [0.3, 0.4) is 0 Å². The zero-order valence-corrected chi connectivity index (χ0v) is 11.1. The molecule has 1 fully saturated rings. The zero-order chi connectivity index (χ0) is 15.4. The highest BCUT2D eigenvalue weighted by molar-refractivity contribution is 5.96. The first kappa shape index (κ1) is 15.2. The van der Waals surface area contributed by atoms with E-state index in [2.05, 4.69) is 10.1 Å². The van der Waals surface area contributed by atoms with Gasteiger partial charge in [-0.2, -0.15) is 8.78 Å². The Hall–Kier alpha value is -2.18. The monoisotopic (exact) mass is 299 g/mol. The molecule has 1 aromatic rings. The zero-order valence-electron chi connectivity index (χ0n) is 11.1. The second-order valence-electron chi connectivity index (χ2n) is 4.85. The van der Waals surface area contributed by atoms with Crippen molar-refractivity contribution in [3.8, 4) is 5.75 Å². The lowest BCUT2D eigenvalue weighted by atomic mass is 9.95. The molecule has 7 heteroatoms. The van der Waals surface area contributed by atoms with Crippen molar-refractivity contribution in [2.45, 2.75) is 25.9 Å². The Balaban J connectivity index is 2.11. The van der Waals surface area contributed by atoms with E-state index in [0.717, 1.165) is 0 Å². The van der Waals surface area contributed by atoms with Crippen LogP contribution in [0.25, 0.3) is 0 Å². The number of amides is 1. The van der Waals surface area contributed by atoms with E-state index in [-0.39, 0.29) is 11.4 Å². The van der Waals surface area contributed by atoms with Gasteiger partial charge in [0.15, 0.2) is 0 Å². The summed E-state index contributed by atoms with van der Waals surface area (Å²) in [6.07, 6.45) is 1.58. The summed E-state index contributed by atoms with van der Waals surface area (Å²) >= 11 is 0. The third-order valence-electron chi connectivity index (χ3n) is 3.53. The van der Waals surface area contributed by atoms with Crippen LogP contribution in [-0.2, 0) is 9.59 Å². The van der Waals surface area contributed by atoms with Gasteiger partial charge in [0.05, 0.1) is 17.5 Å². The number of benzene rings is 1. The van der Waals surface area contributed by atoms with Gasteiger partial charge in [-0.3, -0.25) is 9.59 Å². The molecule has 1 amide bonds. The predicted molar refractivity (Wildman–Crippen MR) is 70.2 cm³/mol. The molecule has 2 N–H and O–H groups in total. The highest BCUT2D eigenvalue weighted by Gasteiger charge is 2.37. The standard InChI is InChI=1S/C14H15F2NO4/c15-14(16)21-11-7-2-1-6-10(11)17-12(18)8-4-3-5-9(8)13(19)20/h1-2,6-9,14H,3-5H2,(H,17,18)(H,19,20). The number of carboxylic acid groups (broad SMARTS) is 1. The van der Waals surface area contributed by atoms with Gasteiger partial charge < -0.3 is 15.2 Å². The summed E-state index contributed by atoms with van der Waals surface area (Å²) in [4.78, 5) is 23.2. The van der Waals surface area contributed by atoms with Crippen LogP contribution in [0, 0.1) is 11.8 Å². The minimum absolute atomic E-state index is 0.110. The first-order valence-electron chi connectivity index (χ1n) is 6.56. The fourth-order valence-electron chi connectivity index (χ4n) is 2.56. The van der Waals surface area contributed by atoms with Crippen molar-refractivity contribution < 1.29 is 28.2 Å². The second kappa shape index (κ2) is 6.51. The highest BCUT2D eigenvalue weighted by Crippen LogP contribution is 2.34. The Morgan fingerprint density at radius 1 is 1.24 bits per heavy atom. The number of aliphatic carboxylic acids is 1. The number of halogens is 2.